The summed E-state index contributed by atoms with van der Waals surface area (Å²) >= 11 is 7.55. The average Bonchev–Trinajstić information content (AvgIpc) is 2.59. The van der Waals surface area contributed by atoms with Crippen molar-refractivity contribution in [2.45, 2.75) is 44.1 Å². The highest BCUT2D eigenvalue weighted by molar-refractivity contribution is 7.99. The topological polar surface area (TPSA) is 58.6 Å². The predicted octanol–water partition coefficient (Wildman–Crippen LogP) is 4.20. The van der Waals surface area contributed by atoms with Crippen molar-refractivity contribution in [3.8, 4) is 0 Å². The lowest BCUT2D eigenvalue weighted by Gasteiger charge is -2.32. The third kappa shape index (κ3) is 7.08. The summed E-state index contributed by atoms with van der Waals surface area (Å²) in [4.78, 5) is 27.2. The van der Waals surface area contributed by atoms with E-state index in [0.29, 0.717) is 32.5 Å². The number of carbonyl (C=O) groups is 2. The van der Waals surface area contributed by atoms with Crippen molar-refractivity contribution in [2.24, 2.45) is 5.92 Å². The Morgan fingerprint density at radius 2 is 1.85 bits per heavy atom. The van der Waals surface area contributed by atoms with Gasteiger partial charge in [0.1, 0.15) is 5.60 Å². The Kier molecular flexibility index (Phi) is 7.65. The molecule has 0 unspecified atom stereocenters. The van der Waals surface area contributed by atoms with E-state index in [4.69, 9.17) is 16.3 Å². The van der Waals surface area contributed by atoms with Crippen LogP contribution < -0.4 is 5.32 Å². The van der Waals surface area contributed by atoms with Crippen LogP contribution in [0.3, 0.4) is 0 Å². The van der Waals surface area contributed by atoms with Crippen molar-refractivity contribution in [2.75, 3.05) is 25.4 Å². The number of halogens is 1. The van der Waals surface area contributed by atoms with E-state index < -0.39 is 5.60 Å². The van der Waals surface area contributed by atoms with Crippen molar-refractivity contribution < 1.29 is 14.3 Å². The van der Waals surface area contributed by atoms with Crippen LogP contribution >= 0.6 is 23.4 Å². The standard InChI is InChI=1S/C19H27ClN2O3S/c1-19(2,3)25-18(24)22-11-8-14(9-12-22)17(23)21-10-13-26-16-6-4-15(20)5-7-16/h4-7,14H,8-13H2,1-3H3,(H,21,23). The first kappa shape index (κ1) is 20.9. The molecule has 1 aromatic rings. The van der Waals surface area contributed by atoms with Crippen LogP contribution in [0.25, 0.3) is 0 Å². The third-order valence-electron chi connectivity index (χ3n) is 4.00. The van der Waals surface area contributed by atoms with Crippen molar-refractivity contribution in [3.63, 3.8) is 0 Å². The molecule has 1 aromatic carbocycles. The third-order valence-corrected chi connectivity index (χ3v) is 5.27. The van der Waals surface area contributed by atoms with Crippen molar-refractivity contribution in [1.82, 2.24) is 10.2 Å². The fourth-order valence-electron chi connectivity index (χ4n) is 2.67. The van der Waals surface area contributed by atoms with Gasteiger partial charge in [0.05, 0.1) is 0 Å². The number of carbonyl (C=O) groups excluding carboxylic acids is 2. The van der Waals surface area contributed by atoms with Crippen LogP contribution in [-0.2, 0) is 9.53 Å². The maximum absolute atomic E-state index is 12.3. The van der Waals surface area contributed by atoms with Gasteiger partial charge in [-0.05, 0) is 57.9 Å². The molecule has 2 amide bonds. The molecule has 1 aliphatic heterocycles. The van der Waals surface area contributed by atoms with E-state index in [0.717, 1.165) is 15.7 Å². The van der Waals surface area contributed by atoms with E-state index in [1.165, 1.54) is 0 Å². The normalized spacial score (nSPS) is 15.6. The molecular formula is C19H27ClN2O3S. The summed E-state index contributed by atoms with van der Waals surface area (Å²) in [6.45, 7) is 7.31. The summed E-state index contributed by atoms with van der Waals surface area (Å²) in [6.07, 6.45) is 1.06. The first-order valence-electron chi connectivity index (χ1n) is 8.88. The fourth-order valence-corrected chi connectivity index (χ4v) is 3.56. The van der Waals surface area contributed by atoms with Crippen LogP contribution in [0, 0.1) is 5.92 Å². The van der Waals surface area contributed by atoms with Gasteiger partial charge in [-0.3, -0.25) is 4.79 Å². The smallest absolute Gasteiger partial charge is 0.410 e. The Bertz CT molecular complexity index is 608. The number of hydrogen-bond acceptors (Lipinski definition) is 4. The number of nitrogens with one attached hydrogen (secondary N) is 1. The summed E-state index contributed by atoms with van der Waals surface area (Å²) in [7, 11) is 0. The zero-order chi connectivity index (χ0) is 19.2. The van der Waals surface area contributed by atoms with Crippen LogP contribution in [0.5, 0.6) is 0 Å². The zero-order valence-corrected chi connectivity index (χ0v) is 17.2. The van der Waals surface area contributed by atoms with Crippen LogP contribution in [-0.4, -0.2) is 47.9 Å². The highest BCUT2D eigenvalue weighted by atomic mass is 35.5. The largest absolute Gasteiger partial charge is 0.444 e. The molecule has 7 heteroatoms. The van der Waals surface area contributed by atoms with Gasteiger partial charge in [-0.15, -0.1) is 11.8 Å². The number of likely N-dealkylation sites (tertiary alicyclic amines) is 1. The van der Waals surface area contributed by atoms with Gasteiger partial charge >= 0.3 is 6.09 Å². The molecule has 2 rings (SSSR count). The molecule has 5 nitrogen and oxygen atoms in total. The van der Waals surface area contributed by atoms with E-state index in [1.807, 2.05) is 45.0 Å². The van der Waals surface area contributed by atoms with E-state index in [2.05, 4.69) is 5.32 Å². The van der Waals surface area contributed by atoms with Gasteiger partial charge in [0.25, 0.3) is 0 Å². The van der Waals surface area contributed by atoms with Crippen LogP contribution in [0.4, 0.5) is 4.79 Å². The first-order valence-corrected chi connectivity index (χ1v) is 10.2. The molecule has 0 saturated carbocycles. The van der Waals surface area contributed by atoms with Crippen molar-refractivity contribution >= 4 is 35.4 Å². The number of rotatable bonds is 5. The lowest BCUT2D eigenvalue weighted by molar-refractivity contribution is -0.126. The number of hydrogen-bond donors (Lipinski definition) is 1. The van der Waals surface area contributed by atoms with Gasteiger partial charge in [-0.1, -0.05) is 11.6 Å². The van der Waals surface area contributed by atoms with Gasteiger partial charge in [0.15, 0.2) is 0 Å². The molecule has 0 bridgehead atoms. The predicted molar refractivity (Wildman–Crippen MR) is 106 cm³/mol. The molecule has 26 heavy (non-hydrogen) atoms. The molecule has 1 aliphatic rings. The van der Waals surface area contributed by atoms with Crippen LogP contribution in [0.2, 0.25) is 5.02 Å². The van der Waals surface area contributed by atoms with Gasteiger partial charge in [0, 0.05) is 41.2 Å². The summed E-state index contributed by atoms with van der Waals surface area (Å²) in [6, 6.07) is 7.67. The highest BCUT2D eigenvalue weighted by Crippen LogP contribution is 2.21. The summed E-state index contributed by atoms with van der Waals surface area (Å²) in [5.74, 6) is 0.851. The summed E-state index contributed by atoms with van der Waals surface area (Å²) < 4.78 is 5.38. The SMILES string of the molecule is CC(C)(C)OC(=O)N1CCC(C(=O)NCCSc2ccc(Cl)cc2)CC1. The highest BCUT2D eigenvalue weighted by Gasteiger charge is 2.29. The molecule has 1 heterocycles. The molecule has 0 spiro atoms. The Labute approximate surface area is 164 Å². The summed E-state index contributed by atoms with van der Waals surface area (Å²) in [5.41, 5.74) is -0.493. The van der Waals surface area contributed by atoms with Gasteiger partial charge in [0.2, 0.25) is 5.91 Å². The Morgan fingerprint density at radius 3 is 2.42 bits per heavy atom. The molecular weight excluding hydrogens is 372 g/mol. The van der Waals surface area contributed by atoms with E-state index >= 15 is 0 Å². The summed E-state index contributed by atoms with van der Waals surface area (Å²) in [5, 5.41) is 3.72. The Morgan fingerprint density at radius 1 is 1.23 bits per heavy atom. The van der Waals surface area contributed by atoms with Gasteiger partial charge in [-0.2, -0.15) is 0 Å². The molecule has 144 valence electrons. The number of piperidine rings is 1. The lowest BCUT2D eigenvalue weighted by atomic mass is 9.96. The second-order valence-electron chi connectivity index (χ2n) is 7.34. The van der Waals surface area contributed by atoms with Crippen LogP contribution in [0.1, 0.15) is 33.6 Å². The minimum Gasteiger partial charge on any atom is -0.444 e. The monoisotopic (exact) mass is 398 g/mol. The number of thioether (sulfide) groups is 1. The quantitative estimate of drug-likeness (QED) is 0.596. The maximum atomic E-state index is 12.3. The molecule has 1 N–H and O–H groups in total. The van der Waals surface area contributed by atoms with Crippen molar-refractivity contribution in [1.29, 1.82) is 0 Å². The molecule has 1 fully saturated rings. The molecule has 0 aliphatic carbocycles. The van der Waals surface area contributed by atoms with Gasteiger partial charge in [-0.25, -0.2) is 4.79 Å². The molecule has 0 atom stereocenters. The minimum atomic E-state index is -0.493. The van der Waals surface area contributed by atoms with E-state index in [1.54, 1.807) is 16.7 Å². The Hall–Kier alpha value is -1.40. The average molecular weight is 399 g/mol. The van der Waals surface area contributed by atoms with Crippen molar-refractivity contribution in [3.05, 3.63) is 29.3 Å². The minimum absolute atomic E-state index is 0.0331. The Balaban J connectivity index is 1.65. The number of benzene rings is 1. The number of ether oxygens (including phenoxy) is 1. The first-order chi connectivity index (χ1) is 12.2. The van der Waals surface area contributed by atoms with E-state index in [-0.39, 0.29) is 17.9 Å². The van der Waals surface area contributed by atoms with Gasteiger partial charge < -0.3 is 15.0 Å². The van der Waals surface area contributed by atoms with E-state index in [9.17, 15) is 9.59 Å². The zero-order valence-electron chi connectivity index (χ0n) is 15.6. The second-order valence-corrected chi connectivity index (χ2v) is 8.94. The van der Waals surface area contributed by atoms with Crippen LogP contribution in [0.15, 0.2) is 29.2 Å². The molecule has 0 radical (unpaired) electrons. The molecule has 0 aromatic heterocycles. The number of nitrogens with zero attached hydrogens (tertiary/aromatic N) is 1. The fraction of sp³-hybridized carbons (Fsp3) is 0.579. The molecule has 1 saturated heterocycles. The second kappa shape index (κ2) is 9.51. The lowest BCUT2D eigenvalue weighted by Crippen LogP contribution is -2.45. The maximum Gasteiger partial charge on any atom is 0.410 e. The number of amides is 2.